The highest BCUT2D eigenvalue weighted by atomic mass is 32.1. The number of benzene rings is 8. The summed E-state index contributed by atoms with van der Waals surface area (Å²) in [5.74, 6) is -1.10. The Bertz CT molecular complexity index is 4280. The molecule has 8 aromatic carbocycles. The second-order valence-corrected chi connectivity index (χ2v) is 25.2. The van der Waals surface area contributed by atoms with Gasteiger partial charge in [-0.2, -0.15) is 17.5 Å². The molecule has 4 aliphatic rings. The average molecular weight is 1140 g/mol. The maximum absolute atomic E-state index is 12.9. The molecule has 398 valence electrons. The Labute approximate surface area is 488 Å². The van der Waals surface area contributed by atoms with E-state index in [1.54, 1.807) is 46.9 Å². The summed E-state index contributed by atoms with van der Waals surface area (Å²) >= 11 is 5.52. The van der Waals surface area contributed by atoms with Crippen LogP contribution in [0.15, 0.2) is 182 Å². The number of fused-ring (bicyclic) bond motifs is 8. The van der Waals surface area contributed by atoms with E-state index in [-0.39, 0.29) is 11.1 Å². The lowest BCUT2D eigenvalue weighted by molar-refractivity contribution is 0.0686. The number of nitrogens with zero attached hydrogens (tertiary/aromatic N) is 6. The molecule has 4 aromatic heterocycles. The third kappa shape index (κ3) is 8.05. The van der Waals surface area contributed by atoms with Crippen LogP contribution in [0.3, 0.4) is 0 Å². The summed E-state index contributed by atoms with van der Waals surface area (Å²) < 4.78 is 19.5. The van der Waals surface area contributed by atoms with Crippen molar-refractivity contribution in [3.05, 3.63) is 204 Å². The number of carboxylic acids is 2. The predicted octanol–water partition coefficient (Wildman–Crippen LogP) is 18.5. The molecule has 14 heteroatoms. The lowest BCUT2D eigenvalue weighted by Crippen LogP contribution is -2.26. The number of aromatic carboxylic acids is 2. The molecule has 2 saturated carbocycles. The molecule has 0 bridgehead atoms. The Balaban J connectivity index is 0.708. The highest BCUT2D eigenvalue weighted by Gasteiger charge is 2.43. The number of hydrogen-bond donors (Lipinski definition) is 2. The summed E-state index contributed by atoms with van der Waals surface area (Å²) in [7, 11) is 0. The second kappa shape index (κ2) is 19.5. The normalized spacial score (nSPS) is 17.9. The highest BCUT2D eigenvalue weighted by molar-refractivity contribution is 7.19. The van der Waals surface area contributed by atoms with Crippen LogP contribution in [0.5, 0.6) is 0 Å². The van der Waals surface area contributed by atoms with Crippen LogP contribution in [0.2, 0.25) is 0 Å². The Kier molecular flexibility index (Phi) is 11.7. The van der Waals surface area contributed by atoms with Crippen molar-refractivity contribution in [1.82, 2.24) is 17.5 Å². The van der Waals surface area contributed by atoms with E-state index in [1.807, 2.05) is 24.3 Å². The highest BCUT2D eigenvalue weighted by Crippen LogP contribution is 2.55. The van der Waals surface area contributed by atoms with Gasteiger partial charge in [0.2, 0.25) is 0 Å². The van der Waals surface area contributed by atoms with Crippen molar-refractivity contribution in [2.24, 2.45) is 0 Å². The van der Waals surface area contributed by atoms with Crippen LogP contribution in [0.4, 0.5) is 22.7 Å². The number of anilines is 4. The maximum Gasteiger partial charge on any atom is 0.335 e. The first-order valence-corrected chi connectivity index (χ1v) is 30.8. The predicted molar refractivity (Wildman–Crippen MR) is 334 cm³/mol. The minimum absolute atomic E-state index is 0.0997. The molecule has 4 unspecified atom stereocenters. The molecule has 4 atom stereocenters. The monoisotopic (exact) mass is 1140 g/mol. The van der Waals surface area contributed by atoms with Crippen LogP contribution < -0.4 is 9.80 Å². The van der Waals surface area contributed by atoms with Crippen LogP contribution in [0.1, 0.15) is 82.2 Å². The van der Waals surface area contributed by atoms with Gasteiger partial charge in [0.15, 0.2) is 0 Å². The molecule has 2 fully saturated rings. The van der Waals surface area contributed by atoms with Crippen molar-refractivity contribution < 1.29 is 19.8 Å². The van der Waals surface area contributed by atoms with Crippen LogP contribution in [-0.4, -0.2) is 51.7 Å². The van der Waals surface area contributed by atoms with Crippen molar-refractivity contribution in [2.75, 3.05) is 9.80 Å². The lowest BCUT2D eigenvalue weighted by atomic mass is 9.94. The molecule has 2 aliphatic carbocycles. The molecule has 0 amide bonds. The summed E-state index contributed by atoms with van der Waals surface area (Å²) in [5, 5.41) is 21.0. The fraction of sp³-hybridized carbons (Fsp3) is 0.147. The van der Waals surface area contributed by atoms with Crippen molar-refractivity contribution in [1.29, 1.82) is 0 Å². The first kappa shape index (κ1) is 49.2. The van der Waals surface area contributed by atoms with Gasteiger partial charge in [0.05, 0.1) is 34.6 Å². The quantitative estimate of drug-likeness (QED) is 0.129. The molecule has 2 N–H and O–H groups in total. The smallest absolute Gasteiger partial charge is 0.335 e. The first-order chi connectivity index (χ1) is 40.3. The molecular weight excluding hydrogens is 1090 g/mol. The Morgan fingerprint density at radius 1 is 0.390 bits per heavy atom. The molecule has 10 nitrogen and oxygen atoms in total. The second-order valence-electron chi connectivity index (χ2n) is 21.9. The molecule has 0 radical (unpaired) electrons. The van der Waals surface area contributed by atoms with E-state index in [4.69, 9.17) is 17.5 Å². The summed E-state index contributed by atoms with van der Waals surface area (Å²) in [5.41, 5.74) is 20.2. The minimum atomic E-state index is -1.08. The van der Waals surface area contributed by atoms with E-state index in [2.05, 4.69) is 143 Å². The fourth-order valence-corrected chi connectivity index (χ4v) is 17.1. The van der Waals surface area contributed by atoms with Gasteiger partial charge in [0.25, 0.3) is 0 Å². The SMILES string of the molecule is O=C(O)c1cc(-c2cc(C(=O)O)cc(-c3ccc(-c4ccc(-c5ccc6c(c5)N(c5ccccc5)C5CCCC65)c5nsnc45)s3)c2)cc(-c2ccc(-c3ccc(-c4ccc5c(c4)N(c4ccccc4)C4CCCC54)c4nsnc34)s2)c1. The summed E-state index contributed by atoms with van der Waals surface area (Å²) in [6.45, 7) is 0. The van der Waals surface area contributed by atoms with Gasteiger partial charge in [-0.25, -0.2) is 9.59 Å². The Morgan fingerprint density at radius 3 is 1.21 bits per heavy atom. The summed E-state index contributed by atoms with van der Waals surface area (Å²) in [4.78, 5) is 34.5. The van der Waals surface area contributed by atoms with E-state index < -0.39 is 11.9 Å². The molecule has 0 spiro atoms. The molecule has 82 heavy (non-hydrogen) atoms. The van der Waals surface area contributed by atoms with Gasteiger partial charge in [0, 0.05) is 88.4 Å². The zero-order valence-corrected chi connectivity index (χ0v) is 47.2. The number of rotatable bonds is 11. The number of aromatic nitrogens is 4. The van der Waals surface area contributed by atoms with E-state index in [9.17, 15) is 19.8 Å². The van der Waals surface area contributed by atoms with Crippen molar-refractivity contribution in [3.63, 3.8) is 0 Å². The third-order valence-corrected chi connectivity index (χ3v) is 20.9. The van der Waals surface area contributed by atoms with Gasteiger partial charge in [-0.3, -0.25) is 0 Å². The van der Waals surface area contributed by atoms with Crippen molar-refractivity contribution >= 4 is 103 Å². The first-order valence-electron chi connectivity index (χ1n) is 27.7. The Hall–Kier alpha value is -8.66. The maximum atomic E-state index is 12.9. The number of carboxylic acid groups (broad SMARTS) is 2. The van der Waals surface area contributed by atoms with Gasteiger partial charge in [-0.15, -0.1) is 22.7 Å². The van der Waals surface area contributed by atoms with Crippen LogP contribution in [0.25, 0.3) is 97.2 Å². The minimum Gasteiger partial charge on any atom is -0.478 e. The van der Waals surface area contributed by atoms with E-state index >= 15 is 0 Å². The number of carbonyl (C=O) groups is 2. The van der Waals surface area contributed by atoms with Crippen LogP contribution in [-0.2, 0) is 0 Å². The van der Waals surface area contributed by atoms with Gasteiger partial charge in [-0.05, 0) is 167 Å². The lowest BCUT2D eigenvalue weighted by Gasteiger charge is -2.27. The largest absolute Gasteiger partial charge is 0.478 e. The van der Waals surface area contributed by atoms with Crippen LogP contribution >= 0.6 is 46.1 Å². The number of thiophene rings is 2. The average Bonchev–Trinajstić information content (AvgIpc) is 4.13. The van der Waals surface area contributed by atoms with Gasteiger partial charge in [-0.1, -0.05) is 97.8 Å². The topological polar surface area (TPSA) is 133 Å². The van der Waals surface area contributed by atoms with E-state index in [1.165, 1.54) is 95.9 Å². The van der Waals surface area contributed by atoms with Crippen molar-refractivity contribution in [3.8, 4) is 75.1 Å². The molecule has 0 saturated heterocycles. The van der Waals surface area contributed by atoms with E-state index in [0.717, 1.165) is 75.0 Å². The molecule has 6 heterocycles. The summed E-state index contributed by atoms with van der Waals surface area (Å²) in [6, 6.07) is 63.5. The standard InChI is InChI=1S/C68H48N6O4S4/c75-67(76)43-31-39(29-41(33-43)59-25-27-61(79-59)53-23-21-47(63-65(53)71-81-69-63)37-17-19-51-49-13-7-15-55(49)73(57(51)35-37)45-9-3-1-4-10-45)40-30-42(34-44(32-40)68(77)78)60-26-28-62(80-60)54-24-22-48(64-66(54)72-82-70-64)38-18-20-52-50-14-8-16-56(50)74(58(52)36-38)46-11-5-2-6-12-46/h1-6,9-12,17-36,49-50,55-56H,7-8,13-16H2,(H,75,76)(H,77,78). The third-order valence-electron chi connectivity index (χ3n) is 17.5. The molecular formula is C68H48N6O4S4. The molecule has 2 aliphatic heterocycles. The summed E-state index contributed by atoms with van der Waals surface area (Å²) in [6.07, 6.45) is 7.25. The van der Waals surface area contributed by atoms with Gasteiger partial charge in [0.1, 0.15) is 22.1 Å². The molecule has 16 rings (SSSR count). The number of para-hydroxylation sites is 2. The van der Waals surface area contributed by atoms with Crippen LogP contribution in [0, 0.1) is 0 Å². The fourth-order valence-electron chi connectivity index (χ4n) is 13.9. The van der Waals surface area contributed by atoms with E-state index in [0.29, 0.717) is 46.2 Å². The number of hydrogen-bond acceptors (Lipinski definition) is 12. The zero-order chi connectivity index (χ0) is 54.7. The zero-order valence-electron chi connectivity index (χ0n) is 43.9. The van der Waals surface area contributed by atoms with Gasteiger partial charge >= 0.3 is 11.9 Å². The van der Waals surface area contributed by atoms with Crippen molar-refractivity contribution in [2.45, 2.75) is 62.4 Å². The Morgan fingerprint density at radius 2 is 0.780 bits per heavy atom. The molecule has 12 aromatic rings. The van der Waals surface area contributed by atoms with Gasteiger partial charge < -0.3 is 20.0 Å².